The molecule has 0 radical (unpaired) electrons. The summed E-state index contributed by atoms with van der Waals surface area (Å²) in [5.41, 5.74) is 1.53. The number of amides is 2. The molecule has 2 amide bonds. The van der Waals surface area contributed by atoms with E-state index in [9.17, 15) is 22.8 Å². The highest BCUT2D eigenvalue weighted by atomic mass is 19.4. The van der Waals surface area contributed by atoms with E-state index in [4.69, 9.17) is 9.47 Å². The van der Waals surface area contributed by atoms with Crippen LogP contribution in [-0.4, -0.2) is 44.2 Å². The van der Waals surface area contributed by atoms with Gasteiger partial charge in [0.2, 0.25) is 0 Å². The Morgan fingerprint density at radius 3 is 2.02 bits per heavy atom. The fraction of sp³-hybridized carbons (Fsp3) is 0.433. The van der Waals surface area contributed by atoms with Crippen molar-refractivity contribution in [3.63, 3.8) is 0 Å². The number of hydrogen-bond donors (Lipinski definition) is 0. The van der Waals surface area contributed by atoms with Crippen LogP contribution >= 0.6 is 0 Å². The predicted octanol–water partition coefficient (Wildman–Crippen LogP) is 7.57. The minimum Gasteiger partial charge on any atom is -0.443 e. The molecule has 0 spiro atoms. The van der Waals surface area contributed by atoms with Crippen molar-refractivity contribution in [2.75, 3.05) is 0 Å². The molecule has 0 fully saturated rings. The Labute approximate surface area is 237 Å². The number of aromatic nitrogens is 2. The number of ether oxygens (including phenoxy) is 3. The standard InChI is InChI=1S/C30H34F3N3O5/c1-9-10-11-22-20(17-36(26(37)40-28(2,3)4)27(38)41-29(5,6)7)16-23(24-25(22)35(8)18-34-24)19-12-14-21(15-13-19)39-30(31,32)33/h12-16,18H,9,17H2,1-8H3. The Bertz CT molecular complexity index is 1460. The highest BCUT2D eigenvalue weighted by Crippen LogP contribution is 2.35. The molecular formula is C30H34F3N3O5. The molecule has 0 unspecified atom stereocenters. The van der Waals surface area contributed by atoms with E-state index in [0.717, 1.165) is 4.90 Å². The molecule has 11 heteroatoms. The van der Waals surface area contributed by atoms with Gasteiger partial charge in [-0.2, -0.15) is 0 Å². The first-order valence-corrected chi connectivity index (χ1v) is 12.9. The van der Waals surface area contributed by atoms with Crippen molar-refractivity contribution >= 4 is 23.2 Å². The highest BCUT2D eigenvalue weighted by Gasteiger charge is 2.33. The van der Waals surface area contributed by atoms with E-state index in [2.05, 4.69) is 21.6 Å². The fourth-order valence-corrected chi connectivity index (χ4v) is 3.89. The van der Waals surface area contributed by atoms with E-state index in [1.165, 1.54) is 24.3 Å². The van der Waals surface area contributed by atoms with E-state index in [1.807, 2.05) is 6.92 Å². The maximum Gasteiger partial charge on any atom is 0.573 e. The predicted molar refractivity (Wildman–Crippen MR) is 148 cm³/mol. The van der Waals surface area contributed by atoms with Crippen LogP contribution in [0, 0.1) is 11.8 Å². The van der Waals surface area contributed by atoms with Crippen molar-refractivity contribution in [2.24, 2.45) is 7.05 Å². The third kappa shape index (κ3) is 8.39. The van der Waals surface area contributed by atoms with E-state index < -0.39 is 29.8 Å². The fourth-order valence-electron chi connectivity index (χ4n) is 3.89. The maximum atomic E-state index is 13.2. The van der Waals surface area contributed by atoms with Gasteiger partial charge in [0.1, 0.15) is 17.0 Å². The van der Waals surface area contributed by atoms with Gasteiger partial charge in [0.25, 0.3) is 0 Å². The number of nitrogens with zero attached hydrogens (tertiary/aromatic N) is 3. The molecule has 3 aromatic rings. The number of carbonyl (C=O) groups excluding carboxylic acids is 2. The smallest absolute Gasteiger partial charge is 0.443 e. The zero-order valence-electron chi connectivity index (χ0n) is 24.4. The minimum atomic E-state index is -4.82. The molecular weight excluding hydrogens is 539 g/mol. The van der Waals surface area contributed by atoms with Crippen LogP contribution in [-0.2, 0) is 23.1 Å². The van der Waals surface area contributed by atoms with Crippen LogP contribution in [0.3, 0.4) is 0 Å². The number of imidazole rings is 1. The molecule has 1 heterocycles. The first-order chi connectivity index (χ1) is 18.9. The summed E-state index contributed by atoms with van der Waals surface area (Å²) in [6.07, 6.45) is -4.49. The summed E-state index contributed by atoms with van der Waals surface area (Å²) in [4.78, 5) is 31.9. The van der Waals surface area contributed by atoms with E-state index in [0.29, 0.717) is 39.7 Å². The second-order valence-electron chi connectivity index (χ2n) is 11.3. The lowest BCUT2D eigenvalue weighted by Crippen LogP contribution is -2.43. The number of carbonyl (C=O) groups is 2. The number of rotatable bonds is 4. The van der Waals surface area contributed by atoms with Gasteiger partial charge < -0.3 is 18.8 Å². The zero-order chi connectivity index (χ0) is 30.8. The summed E-state index contributed by atoms with van der Waals surface area (Å²) in [6, 6.07) is 7.08. The number of halogens is 3. The maximum absolute atomic E-state index is 13.2. The van der Waals surface area contributed by atoms with Gasteiger partial charge in [-0.15, -0.1) is 13.2 Å². The van der Waals surface area contributed by atoms with Gasteiger partial charge in [-0.3, -0.25) is 0 Å². The van der Waals surface area contributed by atoms with Gasteiger partial charge in [0, 0.05) is 19.0 Å². The molecule has 0 aliphatic carbocycles. The number of alkyl halides is 3. The van der Waals surface area contributed by atoms with Gasteiger partial charge in [-0.1, -0.05) is 30.9 Å². The SMILES string of the molecule is CCC#Cc1c(CN(C(=O)OC(C)(C)C)C(=O)OC(C)(C)C)cc(-c2ccc(OC(F)(F)F)cc2)c2ncn(C)c12. The van der Waals surface area contributed by atoms with Crippen LogP contribution in [0.25, 0.3) is 22.2 Å². The monoisotopic (exact) mass is 573 g/mol. The Morgan fingerprint density at radius 1 is 0.976 bits per heavy atom. The van der Waals surface area contributed by atoms with Gasteiger partial charge in [0.05, 0.1) is 29.5 Å². The molecule has 0 saturated carbocycles. The summed E-state index contributed by atoms with van der Waals surface area (Å²) >= 11 is 0. The molecule has 3 rings (SSSR count). The third-order valence-corrected chi connectivity index (χ3v) is 5.41. The van der Waals surface area contributed by atoms with Gasteiger partial charge in [0.15, 0.2) is 0 Å². The number of fused-ring (bicyclic) bond motifs is 1. The summed E-state index contributed by atoms with van der Waals surface area (Å²) in [5, 5.41) is 0. The topological polar surface area (TPSA) is 82.9 Å². The Kier molecular flexibility index (Phi) is 8.96. The summed E-state index contributed by atoms with van der Waals surface area (Å²) in [7, 11) is 1.78. The number of imide groups is 1. The number of aryl methyl sites for hydroxylation is 1. The molecule has 0 saturated heterocycles. The highest BCUT2D eigenvalue weighted by molar-refractivity contribution is 5.97. The Morgan fingerprint density at radius 2 is 1.54 bits per heavy atom. The van der Waals surface area contributed by atoms with Crippen molar-refractivity contribution < 1.29 is 37.0 Å². The molecule has 1 aromatic heterocycles. The molecule has 0 atom stereocenters. The quantitative estimate of drug-likeness (QED) is 0.300. The van der Waals surface area contributed by atoms with E-state index in [-0.39, 0.29) is 12.3 Å². The molecule has 0 bridgehead atoms. The van der Waals surface area contributed by atoms with Crippen LogP contribution in [0.2, 0.25) is 0 Å². The summed E-state index contributed by atoms with van der Waals surface area (Å²) in [6.45, 7) is 11.7. The number of hydrogen-bond acceptors (Lipinski definition) is 6. The molecule has 0 aliphatic heterocycles. The van der Waals surface area contributed by atoms with E-state index >= 15 is 0 Å². The van der Waals surface area contributed by atoms with Crippen LogP contribution in [0.15, 0.2) is 36.7 Å². The Balaban J connectivity index is 2.22. The Hall–Kier alpha value is -4.20. The zero-order valence-corrected chi connectivity index (χ0v) is 24.4. The molecule has 220 valence electrons. The largest absolute Gasteiger partial charge is 0.573 e. The molecule has 41 heavy (non-hydrogen) atoms. The summed E-state index contributed by atoms with van der Waals surface area (Å²) in [5.74, 6) is 5.81. The van der Waals surface area contributed by atoms with Gasteiger partial charge >= 0.3 is 18.5 Å². The van der Waals surface area contributed by atoms with Crippen molar-refractivity contribution in [3.8, 4) is 28.7 Å². The summed E-state index contributed by atoms with van der Waals surface area (Å²) < 4.78 is 54.9. The second kappa shape index (κ2) is 11.7. The van der Waals surface area contributed by atoms with Crippen LogP contribution in [0.5, 0.6) is 5.75 Å². The molecule has 8 nitrogen and oxygen atoms in total. The molecule has 0 aliphatic rings. The average Bonchev–Trinajstić information content (AvgIpc) is 3.20. The van der Waals surface area contributed by atoms with Crippen molar-refractivity contribution in [1.82, 2.24) is 14.5 Å². The van der Waals surface area contributed by atoms with Crippen molar-refractivity contribution in [3.05, 3.63) is 47.8 Å². The molecule has 2 aromatic carbocycles. The second-order valence-corrected chi connectivity index (χ2v) is 11.3. The van der Waals surface area contributed by atoms with Gasteiger partial charge in [-0.25, -0.2) is 19.5 Å². The van der Waals surface area contributed by atoms with Crippen LogP contribution in [0.1, 0.15) is 66.0 Å². The lowest BCUT2D eigenvalue weighted by Gasteiger charge is -2.29. The lowest BCUT2D eigenvalue weighted by atomic mass is 9.96. The third-order valence-electron chi connectivity index (χ3n) is 5.41. The van der Waals surface area contributed by atoms with Crippen molar-refractivity contribution in [1.29, 1.82) is 0 Å². The van der Waals surface area contributed by atoms with Crippen LogP contribution in [0.4, 0.5) is 22.8 Å². The first-order valence-electron chi connectivity index (χ1n) is 12.9. The number of benzene rings is 2. The van der Waals surface area contributed by atoms with Crippen LogP contribution < -0.4 is 4.74 Å². The van der Waals surface area contributed by atoms with E-state index in [1.54, 1.807) is 65.6 Å². The normalized spacial score (nSPS) is 12.0. The first kappa shape index (κ1) is 31.3. The van der Waals surface area contributed by atoms with Gasteiger partial charge in [-0.05, 0) is 70.9 Å². The average molecular weight is 574 g/mol. The minimum absolute atomic E-state index is 0.249. The molecule has 0 N–H and O–H groups in total. The van der Waals surface area contributed by atoms with Crippen molar-refractivity contribution in [2.45, 2.75) is 79.0 Å². The lowest BCUT2D eigenvalue weighted by molar-refractivity contribution is -0.274.